The molecular formula is C9H13N3O2. The molecule has 0 aliphatic carbocycles. The molecule has 0 fully saturated rings. The molecule has 1 aromatic heterocycles. The Hall–Kier alpha value is -1.49. The van der Waals surface area contributed by atoms with E-state index in [4.69, 9.17) is 5.11 Å². The minimum Gasteiger partial charge on any atom is -0.396 e. The van der Waals surface area contributed by atoms with E-state index in [1.54, 1.807) is 0 Å². The topological polar surface area (TPSA) is 75.1 Å². The van der Waals surface area contributed by atoms with Gasteiger partial charge in [0, 0.05) is 13.0 Å². The molecule has 0 saturated heterocycles. The molecule has 1 aromatic rings. The molecule has 76 valence electrons. The molecule has 0 bridgehead atoms. The number of aliphatic hydroxyl groups excluding tert-OH is 1. The van der Waals surface area contributed by atoms with Gasteiger partial charge < -0.3 is 10.4 Å². The zero-order valence-corrected chi connectivity index (χ0v) is 7.81. The Morgan fingerprint density at radius 1 is 1.36 bits per heavy atom. The Kier molecular flexibility index (Phi) is 4.57. The van der Waals surface area contributed by atoms with Gasteiger partial charge in [0.15, 0.2) is 0 Å². The summed E-state index contributed by atoms with van der Waals surface area (Å²) < 4.78 is 0. The number of aromatic nitrogens is 2. The number of nitrogens with zero attached hydrogens (tertiary/aromatic N) is 2. The fourth-order valence-electron chi connectivity index (χ4n) is 0.984. The van der Waals surface area contributed by atoms with E-state index in [2.05, 4.69) is 15.3 Å². The normalized spacial score (nSPS) is 9.79. The molecule has 0 saturated carbocycles. The summed E-state index contributed by atoms with van der Waals surface area (Å²) in [5.74, 6) is -0.0757. The van der Waals surface area contributed by atoms with E-state index in [-0.39, 0.29) is 12.5 Å². The van der Waals surface area contributed by atoms with Crippen LogP contribution in [0.25, 0.3) is 0 Å². The van der Waals surface area contributed by atoms with Gasteiger partial charge >= 0.3 is 0 Å². The van der Waals surface area contributed by atoms with E-state index in [0.29, 0.717) is 24.9 Å². The van der Waals surface area contributed by atoms with Crippen molar-refractivity contribution in [2.24, 2.45) is 0 Å². The average Bonchev–Trinajstić information content (AvgIpc) is 2.20. The van der Waals surface area contributed by atoms with E-state index in [1.807, 2.05) is 0 Å². The van der Waals surface area contributed by atoms with Crippen molar-refractivity contribution in [3.63, 3.8) is 0 Å². The maximum Gasteiger partial charge on any atom is 0.224 e. The smallest absolute Gasteiger partial charge is 0.224 e. The predicted molar refractivity (Wildman–Crippen MR) is 51.6 cm³/mol. The largest absolute Gasteiger partial charge is 0.396 e. The van der Waals surface area contributed by atoms with Crippen molar-refractivity contribution < 1.29 is 9.90 Å². The highest BCUT2D eigenvalue weighted by Gasteiger charge is 2.01. The Morgan fingerprint density at radius 3 is 2.71 bits per heavy atom. The summed E-state index contributed by atoms with van der Waals surface area (Å²) in [5, 5.41) is 11.2. The highest BCUT2D eigenvalue weighted by molar-refractivity contribution is 5.90. The van der Waals surface area contributed by atoms with E-state index in [0.717, 1.165) is 0 Å². The molecule has 0 aliphatic heterocycles. The van der Waals surface area contributed by atoms with Gasteiger partial charge in [0.1, 0.15) is 6.33 Å². The van der Waals surface area contributed by atoms with E-state index >= 15 is 0 Å². The number of nitrogens with one attached hydrogen (secondary N) is 1. The Morgan fingerprint density at radius 2 is 2.07 bits per heavy atom. The first-order chi connectivity index (χ1) is 6.83. The maximum atomic E-state index is 11.2. The van der Waals surface area contributed by atoms with Crippen LogP contribution in [-0.2, 0) is 4.79 Å². The Balaban J connectivity index is 2.27. The molecule has 1 rings (SSSR count). The van der Waals surface area contributed by atoms with Crippen molar-refractivity contribution in [3.8, 4) is 0 Å². The minimum atomic E-state index is -0.0757. The lowest BCUT2D eigenvalue weighted by atomic mass is 10.2. The third-order valence-corrected chi connectivity index (χ3v) is 1.66. The number of amides is 1. The van der Waals surface area contributed by atoms with Gasteiger partial charge in [0.05, 0.1) is 18.1 Å². The molecule has 0 unspecified atom stereocenters. The number of hydrogen-bond acceptors (Lipinski definition) is 4. The first-order valence-electron chi connectivity index (χ1n) is 4.48. The van der Waals surface area contributed by atoms with Crippen molar-refractivity contribution >= 4 is 11.6 Å². The number of hydrogen-bond donors (Lipinski definition) is 2. The molecule has 2 N–H and O–H groups in total. The lowest BCUT2D eigenvalue weighted by Crippen LogP contribution is -2.11. The summed E-state index contributed by atoms with van der Waals surface area (Å²) >= 11 is 0. The number of anilines is 1. The highest BCUT2D eigenvalue weighted by Crippen LogP contribution is 2.03. The van der Waals surface area contributed by atoms with Gasteiger partial charge in [-0.25, -0.2) is 9.97 Å². The monoisotopic (exact) mass is 195 g/mol. The second kappa shape index (κ2) is 6.04. The predicted octanol–water partition coefficient (Wildman–Crippen LogP) is 0.578. The van der Waals surface area contributed by atoms with Crippen LogP contribution in [0.1, 0.15) is 19.3 Å². The SMILES string of the molecule is O=C(CCCCO)Nc1cncnc1. The summed E-state index contributed by atoms with van der Waals surface area (Å²) in [6, 6.07) is 0. The maximum absolute atomic E-state index is 11.2. The molecular weight excluding hydrogens is 182 g/mol. The third-order valence-electron chi connectivity index (χ3n) is 1.66. The summed E-state index contributed by atoms with van der Waals surface area (Å²) in [4.78, 5) is 18.8. The van der Waals surface area contributed by atoms with Crippen molar-refractivity contribution in [2.75, 3.05) is 11.9 Å². The second-order valence-electron chi connectivity index (χ2n) is 2.86. The zero-order valence-electron chi connectivity index (χ0n) is 7.81. The molecule has 1 amide bonds. The van der Waals surface area contributed by atoms with Crippen LogP contribution in [0, 0.1) is 0 Å². The van der Waals surface area contributed by atoms with Crippen LogP contribution in [0.4, 0.5) is 5.69 Å². The quantitative estimate of drug-likeness (QED) is 0.674. The molecule has 0 radical (unpaired) electrons. The van der Waals surface area contributed by atoms with E-state index in [1.165, 1.54) is 18.7 Å². The van der Waals surface area contributed by atoms with Gasteiger partial charge in [-0.05, 0) is 12.8 Å². The van der Waals surface area contributed by atoms with Crippen LogP contribution < -0.4 is 5.32 Å². The molecule has 5 nitrogen and oxygen atoms in total. The molecule has 1 heterocycles. The van der Waals surface area contributed by atoms with Gasteiger partial charge in [-0.3, -0.25) is 4.79 Å². The van der Waals surface area contributed by atoms with Crippen LogP contribution in [0.5, 0.6) is 0 Å². The molecule has 0 aliphatic rings. The van der Waals surface area contributed by atoms with Crippen molar-refractivity contribution in [1.82, 2.24) is 9.97 Å². The number of carbonyl (C=O) groups excluding carboxylic acids is 1. The standard InChI is InChI=1S/C9H13N3O2/c13-4-2-1-3-9(14)12-8-5-10-7-11-6-8/h5-7,13H,1-4H2,(H,12,14). The van der Waals surface area contributed by atoms with Crippen LogP contribution in [-0.4, -0.2) is 27.6 Å². The summed E-state index contributed by atoms with van der Waals surface area (Å²) in [6.07, 6.45) is 6.24. The van der Waals surface area contributed by atoms with Crippen molar-refractivity contribution in [2.45, 2.75) is 19.3 Å². The summed E-state index contributed by atoms with van der Waals surface area (Å²) in [5.41, 5.74) is 0.599. The highest BCUT2D eigenvalue weighted by atomic mass is 16.2. The van der Waals surface area contributed by atoms with Gasteiger partial charge in [0.25, 0.3) is 0 Å². The van der Waals surface area contributed by atoms with Gasteiger partial charge in [0.2, 0.25) is 5.91 Å². The fourth-order valence-corrected chi connectivity index (χ4v) is 0.984. The molecule has 5 heteroatoms. The van der Waals surface area contributed by atoms with E-state index in [9.17, 15) is 4.79 Å². The number of rotatable bonds is 5. The third kappa shape index (κ3) is 3.95. The van der Waals surface area contributed by atoms with Crippen LogP contribution in [0.15, 0.2) is 18.7 Å². The first-order valence-corrected chi connectivity index (χ1v) is 4.48. The van der Waals surface area contributed by atoms with Crippen LogP contribution >= 0.6 is 0 Å². The zero-order chi connectivity index (χ0) is 10.2. The Labute approximate surface area is 82.2 Å². The lowest BCUT2D eigenvalue weighted by molar-refractivity contribution is -0.116. The summed E-state index contributed by atoms with van der Waals surface area (Å²) in [7, 11) is 0. The van der Waals surface area contributed by atoms with Gasteiger partial charge in [-0.15, -0.1) is 0 Å². The second-order valence-corrected chi connectivity index (χ2v) is 2.86. The molecule has 0 atom stereocenters. The van der Waals surface area contributed by atoms with Crippen molar-refractivity contribution in [1.29, 1.82) is 0 Å². The Bertz CT molecular complexity index is 277. The average molecular weight is 195 g/mol. The van der Waals surface area contributed by atoms with Crippen LogP contribution in [0.3, 0.4) is 0 Å². The number of carbonyl (C=O) groups is 1. The molecule has 0 aromatic carbocycles. The fraction of sp³-hybridized carbons (Fsp3) is 0.444. The van der Waals surface area contributed by atoms with Crippen molar-refractivity contribution in [3.05, 3.63) is 18.7 Å². The first kappa shape index (κ1) is 10.6. The number of unbranched alkanes of at least 4 members (excludes halogenated alkanes) is 1. The van der Waals surface area contributed by atoms with E-state index < -0.39 is 0 Å². The minimum absolute atomic E-state index is 0.0757. The summed E-state index contributed by atoms with van der Waals surface area (Å²) in [6.45, 7) is 0.127. The lowest BCUT2D eigenvalue weighted by Gasteiger charge is -2.02. The molecule has 14 heavy (non-hydrogen) atoms. The van der Waals surface area contributed by atoms with Gasteiger partial charge in [-0.2, -0.15) is 0 Å². The van der Waals surface area contributed by atoms with Crippen LogP contribution in [0.2, 0.25) is 0 Å². The number of aliphatic hydroxyl groups is 1. The van der Waals surface area contributed by atoms with Gasteiger partial charge in [-0.1, -0.05) is 0 Å². The molecule has 0 spiro atoms.